The number of carbonyl (C=O) groups is 2. The second-order valence-corrected chi connectivity index (χ2v) is 6.72. The molecule has 0 saturated carbocycles. The number of hydrazone groups is 1. The first kappa shape index (κ1) is 23.6. The summed E-state index contributed by atoms with van der Waals surface area (Å²) in [5.74, 6) is -1.11. The van der Waals surface area contributed by atoms with Gasteiger partial charge in [0.1, 0.15) is 5.75 Å². The fourth-order valence-electron chi connectivity index (χ4n) is 2.64. The van der Waals surface area contributed by atoms with E-state index in [9.17, 15) is 19.7 Å². The highest BCUT2D eigenvalue weighted by Gasteiger charge is 2.25. The molecule has 0 aliphatic rings. The SMILES string of the molecule is COc1c(OC(C)=O)ccc(C=NNC(=O)COc2cc(C)c(Cl)c(C)c2)c1[N+](=O)[O-]. The van der Waals surface area contributed by atoms with Crippen molar-refractivity contribution in [2.75, 3.05) is 13.7 Å². The Hall–Kier alpha value is -3.66. The lowest BCUT2D eigenvalue weighted by Crippen LogP contribution is -2.24. The van der Waals surface area contributed by atoms with Gasteiger partial charge in [-0.1, -0.05) is 11.6 Å². The van der Waals surface area contributed by atoms with Crippen LogP contribution in [0.4, 0.5) is 5.69 Å². The van der Waals surface area contributed by atoms with Gasteiger partial charge in [-0.15, -0.1) is 0 Å². The van der Waals surface area contributed by atoms with Gasteiger partial charge in [-0.3, -0.25) is 19.7 Å². The molecule has 0 atom stereocenters. The van der Waals surface area contributed by atoms with Gasteiger partial charge < -0.3 is 14.2 Å². The number of carbonyl (C=O) groups excluding carboxylic acids is 2. The second kappa shape index (κ2) is 10.4. The van der Waals surface area contributed by atoms with Crippen LogP contribution >= 0.6 is 11.6 Å². The first-order chi connectivity index (χ1) is 14.6. The molecule has 0 unspecified atom stereocenters. The van der Waals surface area contributed by atoms with Crippen molar-refractivity contribution in [2.45, 2.75) is 20.8 Å². The van der Waals surface area contributed by atoms with Crippen molar-refractivity contribution in [1.29, 1.82) is 0 Å². The van der Waals surface area contributed by atoms with Crippen molar-refractivity contribution < 1.29 is 28.7 Å². The summed E-state index contributed by atoms with van der Waals surface area (Å²) in [6.07, 6.45) is 1.08. The lowest BCUT2D eigenvalue weighted by molar-refractivity contribution is -0.385. The van der Waals surface area contributed by atoms with Gasteiger partial charge in [0.15, 0.2) is 12.4 Å². The van der Waals surface area contributed by atoms with Crippen LogP contribution in [0.3, 0.4) is 0 Å². The third-order valence-electron chi connectivity index (χ3n) is 3.94. The number of esters is 1. The Balaban J connectivity index is 2.10. The highest BCUT2D eigenvalue weighted by atomic mass is 35.5. The minimum Gasteiger partial charge on any atom is -0.488 e. The van der Waals surface area contributed by atoms with E-state index in [4.69, 9.17) is 25.8 Å². The molecular formula is C20H20ClN3O7. The Morgan fingerprint density at radius 1 is 1.26 bits per heavy atom. The number of benzene rings is 2. The fourth-order valence-corrected chi connectivity index (χ4v) is 2.75. The number of aryl methyl sites for hydroxylation is 2. The molecule has 31 heavy (non-hydrogen) atoms. The predicted molar refractivity (Wildman–Crippen MR) is 113 cm³/mol. The maximum absolute atomic E-state index is 12.0. The zero-order valence-corrected chi connectivity index (χ0v) is 18.0. The average Bonchev–Trinajstić information content (AvgIpc) is 2.70. The van der Waals surface area contributed by atoms with E-state index in [2.05, 4.69) is 10.5 Å². The van der Waals surface area contributed by atoms with Crippen molar-refractivity contribution in [3.8, 4) is 17.2 Å². The molecule has 1 N–H and O–H groups in total. The summed E-state index contributed by atoms with van der Waals surface area (Å²) in [5.41, 5.74) is 3.41. The maximum atomic E-state index is 12.0. The Kier molecular flexibility index (Phi) is 7.92. The van der Waals surface area contributed by atoms with Gasteiger partial charge in [-0.05, 0) is 49.2 Å². The molecule has 1 amide bonds. The van der Waals surface area contributed by atoms with Gasteiger partial charge in [0, 0.05) is 11.9 Å². The average molecular weight is 450 g/mol. The quantitative estimate of drug-likeness (QED) is 0.215. The zero-order valence-electron chi connectivity index (χ0n) is 17.2. The van der Waals surface area contributed by atoms with E-state index in [0.29, 0.717) is 10.8 Å². The molecule has 0 fully saturated rings. The summed E-state index contributed by atoms with van der Waals surface area (Å²) >= 11 is 6.09. The lowest BCUT2D eigenvalue weighted by Gasteiger charge is -2.10. The normalized spacial score (nSPS) is 10.6. The van der Waals surface area contributed by atoms with Crippen molar-refractivity contribution in [3.63, 3.8) is 0 Å². The van der Waals surface area contributed by atoms with Crippen LogP contribution in [0.2, 0.25) is 5.02 Å². The van der Waals surface area contributed by atoms with Crippen molar-refractivity contribution in [1.82, 2.24) is 5.43 Å². The number of ether oxygens (including phenoxy) is 3. The van der Waals surface area contributed by atoms with Crippen LogP contribution in [-0.2, 0) is 9.59 Å². The highest BCUT2D eigenvalue weighted by molar-refractivity contribution is 6.32. The Morgan fingerprint density at radius 3 is 2.45 bits per heavy atom. The number of halogens is 1. The van der Waals surface area contributed by atoms with Crippen molar-refractivity contribution in [2.24, 2.45) is 5.10 Å². The number of rotatable bonds is 8. The second-order valence-electron chi connectivity index (χ2n) is 6.34. The zero-order chi connectivity index (χ0) is 23.1. The first-order valence-corrected chi connectivity index (χ1v) is 9.27. The third-order valence-corrected chi connectivity index (χ3v) is 4.54. The molecule has 2 aromatic rings. The fraction of sp³-hybridized carbons (Fsp3) is 0.250. The predicted octanol–water partition coefficient (Wildman–Crippen LogP) is 3.33. The van der Waals surface area contributed by atoms with Gasteiger partial charge in [0.05, 0.1) is 23.8 Å². The smallest absolute Gasteiger partial charge is 0.323 e. The molecule has 2 rings (SSSR count). The van der Waals surface area contributed by atoms with Gasteiger partial charge in [-0.25, -0.2) is 5.43 Å². The minimum absolute atomic E-state index is 0.0305. The van der Waals surface area contributed by atoms with E-state index in [-0.39, 0.29) is 23.7 Å². The number of hydrogen-bond acceptors (Lipinski definition) is 8. The summed E-state index contributed by atoms with van der Waals surface area (Å²) in [6.45, 7) is 4.47. The summed E-state index contributed by atoms with van der Waals surface area (Å²) in [7, 11) is 1.20. The molecule has 11 heteroatoms. The molecule has 0 aromatic heterocycles. The van der Waals surface area contributed by atoms with E-state index in [1.54, 1.807) is 12.1 Å². The van der Waals surface area contributed by atoms with Crippen LogP contribution in [-0.4, -0.2) is 36.7 Å². The summed E-state index contributed by atoms with van der Waals surface area (Å²) in [5, 5.41) is 15.8. The molecule has 2 aromatic carbocycles. The molecule has 0 aliphatic heterocycles. The molecule has 0 heterocycles. The molecule has 0 aliphatic carbocycles. The van der Waals surface area contributed by atoms with E-state index < -0.39 is 22.5 Å². The molecule has 0 bridgehead atoms. The highest BCUT2D eigenvalue weighted by Crippen LogP contribution is 2.39. The van der Waals surface area contributed by atoms with E-state index >= 15 is 0 Å². The number of nitrogens with one attached hydrogen (secondary N) is 1. The van der Waals surface area contributed by atoms with E-state index in [1.807, 2.05) is 13.8 Å². The van der Waals surface area contributed by atoms with Crippen molar-refractivity contribution >= 4 is 35.4 Å². The minimum atomic E-state index is -0.705. The Bertz CT molecular complexity index is 1030. The summed E-state index contributed by atoms with van der Waals surface area (Å²) < 4.78 is 15.4. The molecule has 0 radical (unpaired) electrons. The Labute approximate surface area is 182 Å². The van der Waals surface area contributed by atoms with Gasteiger partial charge in [0.2, 0.25) is 5.75 Å². The van der Waals surface area contributed by atoms with Crippen LogP contribution in [0.1, 0.15) is 23.6 Å². The summed E-state index contributed by atoms with van der Waals surface area (Å²) in [6, 6.07) is 6.04. The van der Waals surface area contributed by atoms with E-state index in [0.717, 1.165) is 24.3 Å². The summed E-state index contributed by atoms with van der Waals surface area (Å²) in [4.78, 5) is 33.9. The number of methoxy groups -OCH3 is 1. The maximum Gasteiger partial charge on any atom is 0.323 e. The van der Waals surface area contributed by atoms with Crippen molar-refractivity contribution in [3.05, 3.63) is 56.1 Å². The molecular weight excluding hydrogens is 430 g/mol. The number of nitro groups is 1. The number of nitro benzene ring substituents is 1. The van der Waals surface area contributed by atoms with Gasteiger partial charge in [-0.2, -0.15) is 5.10 Å². The van der Waals surface area contributed by atoms with E-state index in [1.165, 1.54) is 19.2 Å². The Morgan fingerprint density at radius 2 is 1.90 bits per heavy atom. The number of amides is 1. The topological polar surface area (TPSA) is 129 Å². The number of hydrogen-bond donors (Lipinski definition) is 1. The van der Waals surface area contributed by atoms with Crippen LogP contribution in [0.5, 0.6) is 17.2 Å². The van der Waals surface area contributed by atoms with Crippen LogP contribution in [0, 0.1) is 24.0 Å². The largest absolute Gasteiger partial charge is 0.488 e. The van der Waals surface area contributed by atoms with Gasteiger partial charge >= 0.3 is 11.7 Å². The number of nitrogens with zero attached hydrogens (tertiary/aromatic N) is 2. The third kappa shape index (κ3) is 6.16. The lowest BCUT2D eigenvalue weighted by atomic mass is 10.1. The molecule has 0 saturated heterocycles. The van der Waals surface area contributed by atoms with Crippen LogP contribution in [0.25, 0.3) is 0 Å². The standard InChI is InChI=1S/C20H20ClN3O7/c1-11-7-15(8-12(2)18(11)21)30-10-17(26)23-22-9-14-5-6-16(31-13(3)25)20(29-4)19(14)24(27)28/h5-9H,10H2,1-4H3,(H,23,26). The van der Waals surface area contributed by atoms with Crippen LogP contribution < -0.4 is 19.6 Å². The van der Waals surface area contributed by atoms with Crippen LogP contribution in [0.15, 0.2) is 29.4 Å². The molecule has 164 valence electrons. The monoisotopic (exact) mass is 449 g/mol. The first-order valence-electron chi connectivity index (χ1n) is 8.89. The molecule has 0 spiro atoms. The molecule has 10 nitrogen and oxygen atoms in total. The van der Waals surface area contributed by atoms with Gasteiger partial charge in [0.25, 0.3) is 5.91 Å².